The van der Waals surface area contributed by atoms with E-state index < -0.39 is 10.0 Å². The summed E-state index contributed by atoms with van der Waals surface area (Å²) in [6.07, 6.45) is 1.48. The third-order valence-electron chi connectivity index (χ3n) is 4.04. The van der Waals surface area contributed by atoms with Crippen molar-refractivity contribution in [3.8, 4) is 0 Å². The normalized spacial score (nSPS) is 11.5. The Balaban J connectivity index is 1.85. The van der Waals surface area contributed by atoms with Gasteiger partial charge in [0.15, 0.2) is 0 Å². The third-order valence-corrected chi connectivity index (χ3v) is 5.52. The van der Waals surface area contributed by atoms with Gasteiger partial charge in [0.25, 0.3) is 5.91 Å². The summed E-state index contributed by atoms with van der Waals surface area (Å²) >= 11 is 0. The van der Waals surface area contributed by atoms with Gasteiger partial charge in [0.1, 0.15) is 0 Å². The third kappa shape index (κ3) is 7.13. The molecule has 0 aromatic heterocycles. The molecule has 6 nitrogen and oxygen atoms in total. The van der Waals surface area contributed by atoms with Crippen molar-refractivity contribution in [1.82, 2.24) is 14.9 Å². The summed E-state index contributed by atoms with van der Waals surface area (Å²) in [4.78, 5) is 14.3. The smallest absolute Gasteiger partial charge is 0.251 e. The number of amides is 1. The molecule has 0 unspecified atom stereocenters. The van der Waals surface area contributed by atoms with Crippen LogP contribution in [0.4, 0.5) is 0 Å². The van der Waals surface area contributed by atoms with Crippen LogP contribution in [0.25, 0.3) is 0 Å². The van der Waals surface area contributed by atoms with E-state index >= 15 is 0 Å². The SMILES string of the molecule is CN(C)CCCNS(=O)(=O)c1ccc(C(=O)NCCc2ccccc2)cc1. The van der Waals surface area contributed by atoms with E-state index in [1.165, 1.54) is 24.3 Å². The van der Waals surface area contributed by atoms with Gasteiger partial charge in [0.2, 0.25) is 10.0 Å². The molecule has 2 N–H and O–H groups in total. The van der Waals surface area contributed by atoms with E-state index in [1.54, 1.807) is 0 Å². The maximum atomic E-state index is 12.3. The summed E-state index contributed by atoms with van der Waals surface area (Å²) in [5, 5.41) is 2.85. The molecule has 0 saturated heterocycles. The second-order valence-corrected chi connectivity index (χ2v) is 8.34. The minimum absolute atomic E-state index is 0.160. The van der Waals surface area contributed by atoms with Gasteiger partial charge >= 0.3 is 0 Å². The van der Waals surface area contributed by atoms with E-state index in [2.05, 4.69) is 10.0 Å². The Morgan fingerprint density at radius 1 is 0.963 bits per heavy atom. The van der Waals surface area contributed by atoms with Gasteiger partial charge in [-0.25, -0.2) is 13.1 Å². The van der Waals surface area contributed by atoms with Crippen LogP contribution in [0.2, 0.25) is 0 Å². The average Bonchev–Trinajstić information content (AvgIpc) is 2.66. The molecule has 0 aliphatic carbocycles. The number of benzene rings is 2. The second kappa shape index (κ2) is 10.2. The van der Waals surface area contributed by atoms with Crippen molar-refractivity contribution in [2.24, 2.45) is 0 Å². The minimum Gasteiger partial charge on any atom is -0.352 e. The van der Waals surface area contributed by atoms with Crippen molar-refractivity contribution in [1.29, 1.82) is 0 Å². The summed E-state index contributed by atoms with van der Waals surface area (Å²) in [6, 6.07) is 15.9. The fourth-order valence-electron chi connectivity index (χ4n) is 2.54. The Morgan fingerprint density at radius 2 is 1.63 bits per heavy atom. The first-order valence-electron chi connectivity index (χ1n) is 8.95. The summed E-state index contributed by atoms with van der Waals surface area (Å²) in [7, 11) is 0.331. The van der Waals surface area contributed by atoms with Crippen LogP contribution in [0.1, 0.15) is 22.3 Å². The van der Waals surface area contributed by atoms with Gasteiger partial charge in [-0.15, -0.1) is 0 Å². The second-order valence-electron chi connectivity index (χ2n) is 6.57. The molecule has 0 saturated carbocycles. The van der Waals surface area contributed by atoms with Gasteiger partial charge in [0.05, 0.1) is 4.90 Å². The zero-order valence-corrected chi connectivity index (χ0v) is 16.6. The van der Waals surface area contributed by atoms with Crippen LogP contribution in [-0.4, -0.2) is 53.0 Å². The first-order valence-corrected chi connectivity index (χ1v) is 10.4. The van der Waals surface area contributed by atoms with Gasteiger partial charge in [-0.1, -0.05) is 30.3 Å². The highest BCUT2D eigenvalue weighted by atomic mass is 32.2. The molecule has 146 valence electrons. The topological polar surface area (TPSA) is 78.5 Å². The zero-order chi connectivity index (χ0) is 19.7. The largest absolute Gasteiger partial charge is 0.352 e. The molecule has 0 aliphatic heterocycles. The maximum Gasteiger partial charge on any atom is 0.251 e. The summed E-state index contributed by atoms with van der Waals surface area (Å²) in [6.45, 7) is 1.71. The first kappa shape index (κ1) is 21.1. The minimum atomic E-state index is -3.55. The van der Waals surface area contributed by atoms with Gasteiger partial charge in [0, 0.05) is 18.7 Å². The first-order chi connectivity index (χ1) is 12.9. The highest BCUT2D eigenvalue weighted by molar-refractivity contribution is 7.89. The Hall–Kier alpha value is -2.22. The lowest BCUT2D eigenvalue weighted by Crippen LogP contribution is -2.28. The Bertz CT molecular complexity index is 819. The highest BCUT2D eigenvalue weighted by Crippen LogP contribution is 2.10. The van der Waals surface area contributed by atoms with Crippen molar-refractivity contribution < 1.29 is 13.2 Å². The van der Waals surface area contributed by atoms with Crippen molar-refractivity contribution in [2.75, 3.05) is 33.7 Å². The molecular formula is C20H27N3O3S. The van der Waals surface area contributed by atoms with Crippen LogP contribution in [0, 0.1) is 0 Å². The van der Waals surface area contributed by atoms with Crippen LogP contribution in [0.5, 0.6) is 0 Å². The lowest BCUT2D eigenvalue weighted by Gasteiger charge is -2.11. The Labute approximate surface area is 161 Å². The molecular weight excluding hydrogens is 362 g/mol. The highest BCUT2D eigenvalue weighted by Gasteiger charge is 2.14. The van der Waals surface area contributed by atoms with Crippen molar-refractivity contribution >= 4 is 15.9 Å². The Morgan fingerprint density at radius 3 is 2.26 bits per heavy atom. The fourth-order valence-corrected chi connectivity index (χ4v) is 3.61. The molecule has 2 aromatic carbocycles. The number of rotatable bonds is 10. The number of carbonyl (C=O) groups is 1. The average molecular weight is 390 g/mol. The number of carbonyl (C=O) groups excluding carboxylic acids is 1. The zero-order valence-electron chi connectivity index (χ0n) is 15.8. The van der Waals surface area contributed by atoms with Gasteiger partial charge < -0.3 is 10.2 Å². The molecule has 27 heavy (non-hydrogen) atoms. The summed E-state index contributed by atoms with van der Waals surface area (Å²) in [5.41, 5.74) is 1.59. The number of hydrogen-bond acceptors (Lipinski definition) is 4. The van der Waals surface area contributed by atoms with Crippen LogP contribution < -0.4 is 10.0 Å². The molecule has 2 aromatic rings. The summed E-state index contributed by atoms with van der Waals surface area (Å²) in [5.74, 6) is -0.214. The van der Waals surface area contributed by atoms with Crippen LogP contribution in [0.15, 0.2) is 59.5 Å². The van der Waals surface area contributed by atoms with Gasteiger partial charge in [-0.3, -0.25) is 4.79 Å². The maximum absolute atomic E-state index is 12.3. The predicted octanol–water partition coefficient (Wildman–Crippen LogP) is 1.89. The standard InChI is InChI=1S/C20H27N3O3S/c1-23(2)16-6-14-22-27(25,26)19-11-9-18(10-12-19)20(24)21-15-13-17-7-4-3-5-8-17/h3-5,7-12,22H,6,13-16H2,1-2H3,(H,21,24). The molecule has 0 fully saturated rings. The molecule has 0 atom stereocenters. The fraction of sp³-hybridized carbons (Fsp3) is 0.350. The lowest BCUT2D eigenvalue weighted by molar-refractivity contribution is 0.0954. The van der Waals surface area contributed by atoms with E-state index in [4.69, 9.17) is 0 Å². The van der Waals surface area contributed by atoms with E-state index in [9.17, 15) is 13.2 Å². The lowest BCUT2D eigenvalue weighted by atomic mass is 10.1. The molecule has 0 heterocycles. The van der Waals surface area contributed by atoms with E-state index in [-0.39, 0.29) is 10.8 Å². The Kier molecular flexibility index (Phi) is 7.97. The van der Waals surface area contributed by atoms with E-state index in [0.29, 0.717) is 18.7 Å². The predicted molar refractivity (Wildman–Crippen MR) is 107 cm³/mol. The molecule has 0 radical (unpaired) electrons. The number of hydrogen-bond donors (Lipinski definition) is 2. The van der Waals surface area contributed by atoms with Gasteiger partial charge in [-0.05, 0) is 63.3 Å². The molecule has 1 amide bonds. The quantitative estimate of drug-likeness (QED) is 0.608. The number of sulfonamides is 1. The molecule has 0 spiro atoms. The number of nitrogens with one attached hydrogen (secondary N) is 2. The molecule has 7 heteroatoms. The van der Waals surface area contributed by atoms with Gasteiger partial charge in [-0.2, -0.15) is 0 Å². The summed E-state index contributed by atoms with van der Waals surface area (Å²) < 4.78 is 27.1. The molecule has 0 aliphatic rings. The van der Waals surface area contributed by atoms with Crippen molar-refractivity contribution in [2.45, 2.75) is 17.7 Å². The van der Waals surface area contributed by atoms with E-state index in [1.807, 2.05) is 49.3 Å². The monoisotopic (exact) mass is 389 g/mol. The molecule has 0 bridgehead atoms. The van der Waals surface area contributed by atoms with Crippen LogP contribution >= 0.6 is 0 Å². The number of nitrogens with zero attached hydrogens (tertiary/aromatic N) is 1. The van der Waals surface area contributed by atoms with E-state index in [0.717, 1.165) is 24.9 Å². The van der Waals surface area contributed by atoms with Crippen molar-refractivity contribution in [3.05, 3.63) is 65.7 Å². The van der Waals surface area contributed by atoms with Crippen LogP contribution in [-0.2, 0) is 16.4 Å². The molecule has 2 rings (SSSR count). The van der Waals surface area contributed by atoms with Crippen LogP contribution in [0.3, 0.4) is 0 Å². The van der Waals surface area contributed by atoms with Crippen molar-refractivity contribution in [3.63, 3.8) is 0 Å².